The molecule has 3 amide bonds. The molecule has 6 fully saturated rings. The lowest BCUT2D eigenvalue weighted by molar-refractivity contribution is -0.126. The Morgan fingerprint density at radius 3 is 1.40 bits per heavy atom. The number of likely N-dealkylation sites (N-methyl/N-ethyl adjacent to an activating group) is 2. The minimum absolute atomic E-state index is 0.0740. The molecule has 756 valence electrons. The van der Waals surface area contributed by atoms with Gasteiger partial charge in [-0.25, -0.2) is 19.2 Å². The van der Waals surface area contributed by atoms with E-state index in [0.717, 1.165) is 196 Å². The molecular weight excluding hydrogens is 2140 g/mol. The number of benzene rings is 7. The molecule has 0 saturated carbocycles. The van der Waals surface area contributed by atoms with Crippen molar-refractivity contribution in [2.45, 2.75) is 201 Å². The number of fused-ring (bicyclic) bond motifs is 4. The molecule has 16 rings (SSSR count). The monoisotopic (exact) mass is 2260 g/mol. The number of halogens is 8. The van der Waals surface area contributed by atoms with Gasteiger partial charge in [-0.15, -0.1) is 0 Å². The number of nitrogens with one attached hydrogen (secondary N) is 2. The van der Waals surface area contributed by atoms with E-state index in [-0.39, 0.29) is 59.0 Å². The van der Waals surface area contributed by atoms with Crippen LogP contribution in [-0.2, 0) is 85.3 Å². The molecule has 8 aromatic rings. The van der Waals surface area contributed by atoms with E-state index in [1.807, 2.05) is 113 Å². The molecule has 0 radical (unpaired) electrons. The Kier molecular flexibility index (Phi) is 39.0. The number of pyridine rings is 1. The lowest BCUT2D eigenvalue weighted by Crippen LogP contribution is -2.42. The number of ether oxygens (including phenoxy) is 9. The third kappa shape index (κ3) is 24.3. The van der Waals surface area contributed by atoms with Crippen LogP contribution >= 0.6 is 110 Å². The van der Waals surface area contributed by atoms with Crippen LogP contribution in [0.1, 0.15) is 219 Å². The highest BCUT2D eigenvalue weighted by molar-refractivity contribution is 9.11. The molecule has 140 heavy (non-hydrogen) atoms. The molecular formula is C104H127BBr4Cl4N8O19. The fourth-order valence-corrected chi connectivity index (χ4v) is 22.4. The molecule has 8 aliphatic heterocycles. The normalized spacial score (nSPS) is 17.2. The Morgan fingerprint density at radius 2 is 0.921 bits per heavy atom. The van der Waals surface area contributed by atoms with Crippen molar-refractivity contribution in [1.29, 1.82) is 0 Å². The molecule has 36 heteroatoms. The highest BCUT2D eigenvalue weighted by Crippen LogP contribution is 2.52. The quantitative estimate of drug-likeness (QED) is 0.0285. The van der Waals surface area contributed by atoms with Crippen molar-refractivity contribution in [2.24, 2.45) is 5.92 Å². The molecule has 6 saturated heterocycles. The van der Waals surface area contributed by atoms with Crippen LogP contribution in [0.3, 0.4) is 0 Å². The molecule has 0 bridgehead atoms. The fourth-order valence-electron chi connectivity index (χ4n) is 19.4. The summed E-state index contributed by atoms with van der Waals surface area (Å²) in [7, 11) is 8.67. The molecule has 0 atom stereocenters. The van der Waals surface area contributed by atoms with E-state index in [4.69, 9.17) is 100 Å². The van der Waals surface area contributed by atoms with Crippen molar-refractivity contribution in [1.82, 2.24) is 10.3 Å². The van der Waals surface area contributed by atoms with Crippen molar-refractivity contribution in [2.75, 3.05) is 153 Å². The Hall–Kier alpha value is -8.16. The molecule has 0 aliphatic carbocycles. The summed E-state index contributed by atoms with van der Waals surface area (Å²) in [6.45, 7) is 34.1. The number of H-pyrrole nitrogens is 1. The van der Waals surface area contributed by atoms with Gasteiger partial charge in [0.05, 0.1) is 98.4 Å². The SMILES string of the molecule is CCN(c1cc(-c2ccc3c(c2)N(C)C(=O)C32CCOCC2)c(Cl)c(C(=O)NCc2c(C)cc(C)[nH]c2=O)c1C)C1CCOCC1.CCN(c1cc(Br)c(Cl)c(C(=O)OC)c1C)C1CCOCC1.CN1C(=O)C2(CCOCC2)c2ccc(B3OC(C)(C)C(C)(C)O3)cc21.COC(=O)c1c(C)c(CC2CCOCC2)cc(Br)c1Cl.COC(=O)c1c(C)c(N)cc(Br)c1Cl.COC(=O)c1cc(Br)cc(N)c1C. The average Bonchev–Trinajstić information content (AvgIpc) is 1.59. The van der Waals surface area contributed by atoms with E-state index >= 15 is 0 Å². The predicted octanol–water partition coefficient (Wildman–Crippen LogP) is 20.9. The number of anilines is 6. The zero-order chi connectivity index (χ0) is 103. The zero-order valence-corrected chi connectivity index (χ0v) is 92.4. The first-order chi connectivity index (χ1) is 66.3. The number of hydrogen-bond donors (Lipinski definition) is 4. The topological polar surface area (TPSA) is 331 Å². The lowest BCUT2D eigenvalue weighted by atomic mass is 9.73. The van der Waals surface area contributed by atoms with Crippen LogP contribution in [-0.4, -0.2) is 199 Å². The summed E-state index contributed by atoms with van der Waals surface area (Å²) in [6, 6.07) is 26.0. The number of aromatic amines is 1. The second-order valence-corrected chi connectivity index (χ2v) is 42.0. The third-order valence-corrected chi connectivity index (χ3v) is 32.9. The summed E-state index contributed by atoms with van der Waals surface area (Å²) in [5.74, 6) is -1.13. The molecule has 6 N–H and O–H groups in total. The van der Waals surface area contributed by atoms with E-state index in [1.165, 1.54) is 28.4 Å². The minimum atomic E-state index is -0.567. The fraction of sp³-hybridized carbons (Fsp3) is 0.481. The van der Waals surface area contributed by atoms with Gasteiger partial charge in [-0.1, -0.05) is 86.6 Å². The highest BCUT2D eigenvalue weighted by Gasteiger charge is 2.55. The molecule has 27 nitrogen and oxygen atoms in total. The van der Waals surface area contributed by atoms with E-state index in [9.17, 15) is 38.4 Å². The summed E-state index contributed by atoms with van der Waals surface area (Å²) >= 11 is 39.0. The zero-order valence-electron chi connectivity index (χ0n) is 83.0. The van der Waals surface area contributed by atoms with Crippen LogP contribution in [0.4, 0.5) is 34.1 Å². The summed E-state index contributed by atoms with van der Waals surface area (Å²) in [5, 5.41) is 4.47. The number of rotatable bonds is 17. The molecule has 1 aromatic heterocycles. The van der Waals surface area contributed by atoms with Gasteiger partial charge in [-0.05, 0) is 330 Å². The number of carbonyl (C=O) groups excluding carboxylic acids is 7. The summed E-state index contributed by atoms with van der Waals surface area (Å²) < 4.78 is 61.7. The first kappa shape index (κ1) is 112. The predicted molar refractivity (Wildman–Crippen MR) is 567 cm³/mol. The maximum atomic E-state index is 14.0. The van der Waals surface area contributed by atoms with Crippen molar-refractivity contribution in [3.63, 3.8) is 0 Å². The number of nitrogen functional groups attached to an aromatic ring is 2. The maximum Gasteiger partial charge on any atom is 0.494 e. The number of aromatic nitrogens is 1. The minimum Gasteiger partial charge on any atom is -0.465 e. The van der Waals surface area contributed by atoms with Crippen molar-refractivity contribution in [3.8, 4) is 11.1 Å². The number of aryl methyl sites for hydroxylation is 2. The highest BCUT2D eigenvalue weighted by atomic mass is 79.9. The number of nitrogens with two attached hydrogens (primary N) is 2. The third-order valence-electron chi connectivity index (χ3n) is 28.3. The average molecular weight is 2270 g/mol. The van der Waals surface area contributed by atoms with E-state index in [1.54, 1.807) is 41.8 Å². The van der Waals surface area contributed by atoms with Gasteiger partial charge >= 0.3 is 31.0 Å². The van der Waals surface area contributed by atoms with Gasteiger partial charge in [0, 0.05) is 181 Å². The lowest BCUT2D eigenvalue weighted by Gasteiger charge is -2.37. The summed E-state index contributed by atoms with van der Waals surface area (Å²) in [5.41, 5.74) is 28.2. The molecule has 0 unspecified atom stereocenters. The van der Waals surface area contributed by atoms with Gasteiger partial charge in [0.25, 0.3) is 11.5 Å². The van der Waals surface area contributed by atoms with Crippen LogP contribution < -0.4 is 47.4 Å². The van der Waals surface area contributed by atoms with Crippen LogP contribution in [0.25, 0.3) is 11.1 Å². The van der Waals surface area contributed by atoms with Gasteiger partial charge in [-0.2, -0.15) is 0 Å². The van der Waals surface area contributed by atoms with E-state index in [2.05, 4.69) is 131 Å². The van der Waals surface area contributed by atoms with Gasteiger partial charge in [0.1, 0.15) is 0 Å². The van der Waals surface area contributed by atoms with Crippen LogP contribution in [0.5, 0.6) is 0 Å². The molecule has 7 aromatic carbocycles. The van der Waals surface area contributed by atoms with Crippen molar-refractivity contribution >= 4 is 198 Å². The Bertz CT molecular complexity index is 5970. The second-order valence-electron chi connectivity index (χ2n) is 37.0. The standard InChI is InChI=1S/C36H43ClN4O5.C19H26BNO4.C16H21BrClNO3.C15H18BrClO3.C9H9BrClNO2.C9H10BrNO2/c1-6-41(25-9-13-45-14-10-25)29-19-26(24-7-8-28-30(18-24)40(5)35(44)36(28)11-15-46-16-12-36)32(37)31(23(29)4)34(43)38-20-27-21(2)17-22(3)39-33(27)42;1-17(2)18(3,4)25-20(24-17)13-6-7-14-15(12-13)21(5)16(22)19(14)8-10-23-11-9-19;1-4-19(11-5-7-22-8-6-11)13-9-12(17)15(18)14(10(13)2)16(20)21-3;1-9-11(7-10-3-5-20-6-4-10)8-12(16)14(17)13(9)15(18)19-2;1-4-6(12)3-5(10)8(11)7(4)9(13)14-2;1-5-7(9(12)13-2)3-6(10)4-8(5)11/h7-8,17-19,25H,6,9-16,20H2,1-5H3,(H,38,43)(H,39,42);6-7,12H,8-11H2,1-5H3;9,11H,4-8H2,1-3H3;8,10H,3-7H2,1-2H3;3H,12H2,1-2H3;3-4H,11H2,1-2H3. The number of nitrogens with zero attached hydrogens (tertiary/aromatic N) is 4. The number of hydrogen-bond acceptors (Lipinski definition) is 23. The van der Waals surface area contributed by atoms with Gasteiger partial charge in [0.2, 0.25) is 11.8 Å². The smallest absolute Gasteiger partial charge is 0.465 e. The van der Waals surface area contributed by atoms with E-state index < -0.39 is 29.9 Å². The van der Waals surface area contributed by atoms with Gasteiger partial charge in [0.15, 0.2) is 0 Å². The number of methoxy groups -OCH3 is 4. The van der Waals surface area contributed by atoms with Crippen LogP contribution in [0.2, 0.25) is 20.1 Å². The molecule has 2 spiro atoms. The molecule has 9 heterocycles. The van der Waals surface area contributed by atoms with Gasteiger partial charge < -0.3 is 93.3 Å². The number of amides is 3. The number of esters is 4. The van der Waals surface area contributed by atoms with Crippen LogP contribution in [0.15, 0.2) is 102 Å². The maximum absolute atomic E-state index is 14.0. The Morgan fingerprint density at radius 1 is 0.500 bits per heavy atom. The first-order valence-electron chi connectivity index (χ1n) is 46.9. The first-order valence-corrected chi connectivity index (χ1v) is 51.6. The summed E-state index contributed by atoms with van der Waals surface area (Å²) in [4.78, 5) is 111. The van der Waals surface area contributed by atoms with Crippen molar-refractivity contribution < 1.29 is 85.5 Å². The van der Waals surface area contributed by atoms with E-state index in [0.29, 0.717) is 144 Å². The Labute approximate surface area is 874 Å². The number of carbonyl (C=O) groups is 7. The molecule has 8 aliphatic rings. The van der Waals surface area contributed by atoms with Crippen LogP contribution in [0, 0.1) is 54.4 Å². The summed E-state index contributed by atoms with van der Waals surface area (Å²) in [6.07, 6.45) is 9.62. The Balaban J connectivity index is 0.000000171. The second kappa shape index (κ2) is 48.7. The largest absolute Gasteiger partial charge is 0.494 e. The van der Waals surface area contributed by atoms with Gasteiger partial charge in [-0.3, -0.25) is 19.2 Å². The van der Waals surface area contributed by atoms with Crippen molar-refractivity contribution in [3.05, 3.63) is 216 Å².